The number of carbonyl (C=O) groups is 1. The molecular weight excluding hydrogens is 286 g/mol. The maximum absolute atomic E-state index is 11.9. The van der Waals surface area contributed by atoms with Crippen molar-refractivity contribution in [1.82, 2.24) is 5.32 Å². The number of hydrogen-bond donors (Lipinski definition) is 1. The summed E-state index contributed by atoms with van der Waals surface area (Å²) in [6, 6.07) is 11.5. The standard InChI is InChI=1S/C16H19NO3S/c1-12-3-8-15(21-12)16(18)17-11-13-4-6-14(7-5-13)20-10-9-19-2/h3-8H,9-11H2,1-2H3,(H,17,18). The predicted molar refractivity (Wildman–Crippen MR) is 84.0 cm³/mol. The number of benzene rings is 1. The van der Waals surface area contributed by atoms with Crippen LogP contribution in [-0.4, -0.2) is 26.2 Å². The highest BCUT2D eigenvalue weighted by atomic mass is 32.1. The molecule has 0 saturated heterocycles. The van der Waals surface area contributed by atoms with E-state index in [9.17, 15) is 4.79 Å². The maximum atomic E-state index is 11.9. The molecule has 0 aliphatic carbocycles. The van der Waals surface area contributed by atoms with E-state index in [0.29, 0.717) is 19.8 Å². The Kier molecular flexibility index (Phi) is 5.78. The first-order valence-electron chi connectivity index (χ1n) is 6.74. The number of amides is 1. The monoisotopic (exact) mass is 305 g/mol. The van der Waals surface area contributed by atoms with E-state index in [0.717, 1.165) is 21.1 Å². The quantitative estimate of drug-likeness (QED) is 0.800. The Labute approximate surface area is 128 Å². The van der Waals surface area contributed by atoms with E-state index in [1.54, 1.807) is 7.11 Å². The molecule has 1 amide bonds. The van der Waals surface area contributed by atoms with E-state index in [1.807, 2.05) is 43.3 Å². The van der Waals surface area contributed by atoms with Gasteiger partial charge in [-0.3, -0.25) is 4.79 Å². The molecule has 112 valence electrons. The van der Waals surface area contributed by atoms with E-state index in [1.165, 1.54) is 11.3 Å². The van der Waals surface area contributed by atoms with Crippen molar-refractivity contribution in [3.05, 3.63) is 51.7 Å². The fourth-order valence-electron chi connectivity index (χ4n) is 1.77. The van der Waals surface area contributed by atoms with Crippen LogP contribution in [0, 0.1) is 6.92 Å². The topological polar surface area (TPSA) is 47.6 Å². The van der Waals surface area contributed by atoms with Gasteiger partial charge in [-0.15, -0.1) is 11.3 Å². The van der Waals surface area contributed by atoms with Crippen LogP contribution in [0.3, 0.4) is 0 Å². The third-order valence-electron chi connectivity index (χ3n) is 2.90. The second-order valence-electron chi connectivity index (χ2n) is 4.58. The Balaban J connectivity index is 1.82. The highest BCUT2D eigenvalue weighted by Crippen LogP contribution is 2.15. The van der Waals surface area contributed by atoms with Crippen molar-refractivity contribution in [2.24, 2.45) is 0 Å². The molecule has 4 nitrogen and oxygen atoms in total. The van der Waals surface area contributed by atoms with Crippen LogP contribution < -0.4 is 10.1 Å². The van der Waals surface area contributed by atoms with Gasteiger partial charge in [-0.05, 0) is 36.8 Å². The van der Waals surface area contributed by atoms with E-state index in [2.05, 4.69) is 5.32 Å². The summed E-state index contributed by atoms with van der Waals surface area (Å²) in [6.07, 6.45) is 0. The summed E-state index contributed by atoms with van der Waals surface area (Å²) in [5.41, 5.74) is 1.04. The third kappa shape index (κ3) is 4.88. The molecule has 5 heteroatoms. The average Bonchev–Trinajstić information content (AvgIpc) is 2.93. The molecule has 0 bridgehead atoms. The van der Waals surface area contributed by atoms with Gasteiger partial charge in [-0.2, -0.15) is 0 Å². The Morgan fingerprint density at radius 3 is 2.52 bits per heavy atom. The van der Waals surface area contributed by atoms with Crippen molar-refractivity contribution in [3.63, 3.8) is 0 Å². The second-order valence-corrected chi connectivity index (χ2v) is 5.87. The molecule has 0 fully saturated rings. The highest BCUT2D eigenvalue weighted by Gasteiger charge is 2.07. The molecule has 0 aliphatic rings. The lowest BCUT2D eigenvalue weighted by molar-refractivity contribution is 0.0955. The maximum Gasteiger partial charge on any atom is 0.261 e. The minimum Gasteiger partial charge on any atom is -0.491 e. The normalized spacial score (nSPS) is 10.4. The third-order valence-corrected chi connectivity index (χ3v) is 3.90. The van der Waals surface area contributed by atoms with Crippen molar-refractivity contribution in [3.8, 4) is 5.75 Å². The van der Waals surface area contributed by atoms with Gasteiger partial charge in [0, 0.05) is 18.5 Å². The summed E-state index contributed by atoms with van der Waals surface area (Å²) in [6.45, 7) is 3.60. The van der Waals surface area contributed by atoms with Crippen LogP contribution in [0.15, 0.2) is 36.4 Å². The summed E-state index contributed by atoms with van der Waals surface area (Å²) in [5, 5.41) is 2.91. The van der Waals surface area contributed by atoms with E-state index in [4.69, 9.17) is 9.47 Å². The SMILES string of the molecule is COCCOc1ccc(CNC(=O)c2ccc(C)s2)cc1. The Bertz CT molecular complexity index is 577. The zero-order valence-electron chi connectivity index (χ0n) is 12.2. The molecule has 2 aromatic rings. The smallest absolute Gasteiger partial charge is 0.261 e. The first kappa shape index (κ1) is 15.5. The lowest BCUT2D eigenvalue weighted by Gasteiger charge is -2.07. The molecule has 0 atom stereocenters. The van der Waals surface area contributed by atoms with Crippen molar-refractivity contribution in [2.45, 2.75) is 13.5 Å². The molecule has 21 heavy (non-hydrogen) atoms. The van der Waals surface area contributed by atoms with Gasteiger partial charge in [-0.1, -0.05) is 12.1 Å². The van der Waals surface area contributed by atoms with Crippen LogP contribution in [0.4, 0.5) is 0 Å². The highest BCUT2D eigenvalue weighted by molar-refractivity contribution is 7.13. The summed E-state index contributed by atoms with van der Waals surface area (Å²) < 4.78 is 10.4. The second kappa shape index (κ2) is 7.81. The number of ether oxygens (including phenoxy) is 2. The summed E-state index contributed by atoms with van der Waals surface area (Å²) >= 11 is 1.50. The van der Waals surface area contributed by atoms with Gasteiger partial charge in [0.25, 0.3) is 5.91 Å². The number of methoxy groups -OCH3 is 1. The zero-order valence-corrected chi connectivity index (χ0v) is 13.0. The Morgan fingerprint density at radius 2 is 1.90 bits per heavy atom. The van der Waals surface area contributed by atoms with Crippen LogP contribution in [0.25, 0.3) is 0 Å². The van der Waals surface area contributed by atoms with Crippen LogP contribution >= 0.6 is 11.3 Å². The molecule has 2 rings (SSSR count). The van der Waals surface area contributed by atoms with E-state index in [-0.39, 0.29) is 5.91 Å². The van der Waals surface area contributed by atoms with Gasteiger partial charge in [0.1, 0.15) is 12.4 Å². The Hall–Kier alpha value is -1.85. The zero-order chi connectivity index (χ0) is 15.1. The fraction of sp³-hybridized carbons (Fsp3) is 0.312. The summed E-state index contributed by atoms with van der Waals surface area (Å²) in [5.74, 6) is 0.768. The molecule has 0 radical (unpaired) electrons. The van der Waals surface area contributed by atoms with Gasteiger partial charge < -0.3 is 14.8 Å². The molecule has 1 heterocycles. The van der Waals surface area contributed by atoms with Gasteiger partial charge in [0.15, 0.2) is 0 Å². The van der Waals surface area contributed by atoms with Crippen molar-refractivity contribution < 1.29 is 14.3 Å². The predicted octanol–water partition coefficient (Wildman–Crippen LogP) is 3.01. The molecule has 1 aromatic carbocycles. The number of rotatable bonds is 7. The molecule has 1 aromatic heterocycles. The number of nitrogens with one attached hydrogen (secondary N) is 1. The molecular formula is C16H19NO3S. The number of hydrogen-bond acceptors (Lipinski definition) is 4. The Morgan fingerprint density at radius 1 is 1.14 bits per heavy atom. The van der Waals surface area contributed by atoms with E-state index >= 15 is 0 Å². The molecule has 1 N–H and O–H groups in total. The molecule has 0 aliphatic heterocycles. The van der Waals surface area contributed by atoms with Crippen molar-refractivity contribution in [1.29, 1.82) is 0 Å². The first-order valence-corrected chi connectivity index (χ1v) is 7.56. The molecule has 0 unspecified atom stereocenters. The summed E-state index contributed by atoms with van der Waals surface area (Å²) in [4.78, 5) is 13.8. The molecule has 0 saturated carbocycles. The summed E-state index contributed by atoms with van der Waals surface area (Å²) in [7, 11) is 1.64. The molecule has 0 spiro atoms. The van der Waals surface area contributed by atoms with E-state index < -0.39 is 0 Å². The van der Waals surface area contributed by atoms with Gasteiger partial charge in [0.05, 0.1) is 11.5 Å². The lowest BCUT2D eigenvalue weighted by atomic mass is 10.2. The minimum atomic E-state index is -0.0338. The van der Waals surface area contributed by atoms with Crippen LogP contribution in [-0.2, 0) is 11.3 Å². The minimum absolute atomic E-state index is 0.0338. The van der Waals surface area contributed by atoms with Crippen LogP contribution in [0.1, 0.15) is 20.1 Å². The number of carbonyl (C=O) groups excluding carboxylic acids is 1. The largest absolute Gasteiger partial charge is 0.491 e. The first-order chi connectivity index (χ1) is 10.2. The lowest BCUT2D eigenvalue weighted by Crippen LogP contribution is -2.21. The van der Waals surface area contributed by atoms with Crippen LogP contribution in [0.2, 0.25) is 0 Å². The number of aryl methyl sites for hydroxylation is 1. The van der Waals surface area contributed by atoms with Gasteiger partial charge in [-0.25, -0.2) is 0 Å². The van der Waals surface area contributed by atoms with Crippen molar-refractivity contribution in [2.75, 3.05) is 20.3 Å². The van der Waals surface area contributed by atoms with Gasteiger partial charge >= 0.3 is 0 Å². The average molecular weight is 305 g/mol. The van der Waals surface area contributed by atoms with Gasteiger partial charge in [0.2, 0.25) is 0 Å². The van der Waals surface area contributed by atoms with Crippen LogP contribution in [0.5, 0.6) is 5.75 Å². The van der Waals surface area contributed by atoms with Crippen molar-refractivity contribution >= 4 is 17.2 Å². The fourth-order valence-corrected chi connectivity index (χ4v) is 2.56. The number of thiophene rings is 1.